The molecule has 0 saturated carbocycles. The molecule has 3 heterocycles. The van der Waals surface area contributed by atoms with Crippen molar-refractivity contribution in [2.75, 3.05) is 25.5 Å². The molecule has 1 amide bonds. The van der Waals surface area contributed by atoms with Crippen LogP contribution in [0.3, 0.4) is 0 Å². The lowest BCUT2D eigenvalue weighted by Crippen LogP contribution is -2.32. The molecule has 1 saturated heterocycles. The van der Waals surface area contributed by atoms with E-state index in [-0.39, 0.29) is 11.9 Å². The number of carbonyl (C=O) groups is 1. The number of imidazole rings is 1. The van der Waals surface area contributed by atoms with E-state index in [4.69, 9.17) is 9.47 Å². The molecule has 2 aromatic carbocycles. The Balaban J connectivity index is 1.30. The topological polar surface area (TPSA) is 56.6 Å². The van der Waals surface area contributed by atoms with Crippen LogP contribution in [0.2, 0.25) is 0 Å². The number of aryl methyl sites for hydroxylation is 1. The quantitative estimate of drug-likeness (QED) is 0.589. The minimum atomic E-state index is 0.0932. The molecule has 2 aliphatic heterocycles. The molecule has 156 valence electrons. The number of amides is 1. The number of fused-ring (bicyclic) bond motifs is 2. The molecule has 0 spiro atoms. The first-order valence-electron chi connectivity index (χ1n) is 10.4. The maximum atomic E-state index is 13.1. The highest BCUT2D eigenvalue weighted by atomic mass is 32.2. The van der Waals surface area contributed by atoms with E-state index in [1.165, 1.54) is 11.8 Å². The number of carbonyl (C=O) groups excluding carboxylic acids is 1. The second-order valence-electron chi connectivity index (χ2n) is 7.73. The minimum absolute atomic E-state index is 0.0932. The van der Waals surface area contributed by atoms with Gasteiger partial charge in [-0.1, -0.05) is 30.0 Å². The first-order valence-corrected chi connectivity index (χ1v) is 11.4. The van der Waals surface area contributed by atoms with Crippen LogP contribution in [0.4, 0.5) is 0 Å². The minimum Gasteiger partial charge on any atom is -0.490 e. The van der Waals surface area contributed by atoms with Gasteiger partial charge in [0.2, 0.25) is 5.91 Å². The van der Waals surface area contributed by atoms with Crippen LogP contribution >= 0.6 is 11.8 Å². The summed E-state index contributed by atoms with van der Waals surface area (Å²) in [6.07, 6.45) is 2.88. The van der Waals surface area contributed by atoms with Gasteiger partial charge in [0.1, 0.15) is 0 Å². The average molecular weight is 424 g/mol. The van der Waals surface area contributed by atoms with Gasteiger partial charge in [0.15, 0.2) is 16.7 Å². The number of rotatable bonds is 4. The number of para-hydroxylation sites is 2. The van der Waals surface area contributed by atoms with Gasteiger partial charge < -0.3 is 18.9 Å². The van der Waals surface area contributed by atoms with Crippen LogP contribution < -0.4 is 9.47 Å². The molecule has 7 heteroatoms. The van der Waals surface area contributed by atoms with Crippen molar-refractivity contribution in [3.05, 3.63) is 48.0 Å². The number of ether oxygens (including phenoxy) is 2. The Morgan fingerprint density at radius 1 is 1.13 bits per heavy atom. The van der Waals surface area contributed by atoms with Crippen LogP contribution in [-0.2, 0) is 11.8 Å². The van der Waals surface area contributed by atoms with E-state index < -0.39 is 0 Å². The van der Waals surface area contributed by atoms with E-state index in [9.17, 15) is 4.79 Å². The molecule has 3 aromatic rings. The molecule has 0 aliphatic carbocycles. The zero-order chi connectivity index (χ0) is 20.5. The van der Waals surface area contributed by atoms with Crippen molar-refractivity contribution in [3.8, 4) is 11.5 Å². The summed E-state index contributed by atoms with van der Waals surface area (Å²) in [7, 11) is 2.00. The second kappa shape index (κ2) is 8.22. The molecule has 0 bridgehead atoms. The van der Waals surface area contributed by atoms with Crippen LogP contribution in [-0.4, -0.2) is 45.9 Å². The predicted molar refractivity (Wildman–Crippen MR) is 117 cm³/mol. The third-order valence-electron chi connectivity index (χ3n) is 5.80. The lowest BCUT2D eigenvalue weighted by atomic mass is 10.0. The van der Waals surface area contributed by atoms with Crippen molar-refractivity contribution in [2.24, 2.45) is 7.05 Å². The molecule has 1 fully saturated rings. The van der Waals surface area contributed by atoms with Gasteiger partial charge in [0.25, 0.3) is 0 Å². The van der Waals surface area contributed by atoms with E-state index in [0.29, 0.717) is 19.0 Å². The molecular formula is C23H25N3O3S. The third-order valence-corrected chi connectivity index (χ3v) is 6.81. The zero-order valence-corrected chi connectivity index (χ0v) is 17.9. The van der Waals surface area contributed by atoms with E-state index in [0.717, 1.165) is 59.1 Å². The SMILES string of the molecule is Cn1c(SCC(=O)N2CCC[C@@H]2c2ccc3c(c2)OCCCO3)nc2ccccc21. The fourth-order valence-corrected chi connectivity index (χ4v) is 5.13. The maximum Gasteiger partial charge on any atom is 0.233 e. The van der Waals surface area contributed by atoms with Gasteiger partial charge in [-0.25, -0.2) is 4.98 Å². The van der Waals surface area contributed by atoms with Crippen LogP contribution in [0.1, 0.15) is 30.9 Å². The normalized spacial score (nSPS) is 18.6. The van der Waals surface area contributed by atoms with E-state index in [1.807, 2.05) is 36.2 Å². The number of hydrogen-bond donors (Lipinski definition) is 0. The maximum absolute atomic E-state index is 13.1. The Hall–Kier alpha value is -2.67. The van der Waals surface area contributed by atoms with Gasteiger partial charge in [-0.05, 0) is 42.7 Å². The Kier molecular flexibility index (Phi) is 5.29. The van der Waals surface area contributed by atoms with Crippen molar-refractivity contribution in [2.45, 2.75) is 30.5 Å². The summed E-state index contributed by atoms with van der Waals surface area (Å²) in [5.74, 6) is 2.13. The van der Waals surface area contributed by atoms with Gasteiger partial charge >= 0.3 is 0 Å². The summed E-state index contributed by atoms with van der Waals surface area (Å²) in [5.41, 5.74) is 3.16. The Labute approximate surface area is 180 Å². The molecule has 5 rings (SSSR count). The fraction of sp³-hybridized carbons (Fsp3) is 0.391. The number of benzene rings is 2. The summed E-state index contributed by atoms with van der Waals surface area (Å²) in [5, 5.41) is 0.871. The summed E-state index contributed by atoms with van der Waals surface area (Å²) >= 11 is 1.51. The van der Waals surface area contributed by atoms with Crippen molar-refractivity contribution < 1.29 is 14.3 Å². The van der Waals surface area contributed by atoms with E-state index >= 15 is 0 Å². The molecule has 30 heavy (non-hydrogen) atoms. The molecule has 0 radical (unpaired) electrons. The molecule has 0 N–H and O–H groups in total. The molecule has 1 aromatic heterocycles. The smallest absolute Gasteiger partial charge is 0.233 e. The number of hydrogen-bond acceptors (Lipinski definition) is 5. The Morgan fingerprint density at radius 3 is 2.83 bits per heavy atom. The molecular weight excluding hydrogens is 398 g/mol. The first-order chi connectivity index (χ1) is 14.7. The van der Waals surface area contributed by atoms with Crippen molar-refractivity contribution in [1.29, 1.82) is 0 Å². The number of nitrogens with zero attached hydrogens (tertiary/aromatic N) is 3. The van der Waals surface area contributed by atoms with E-state index in [1.54, 1.807) is 0 Å². The average Bonchev–Trinajstić information content (AvgIpc) is 3.30. The highest BCUT2D eigenvalue weighted by Gasteiger charge is 2.31. The lowest BCUT2D eigenvalue weighted by Gasteiger charge is -2.25. The predicted octanol–water partition coefficient (Wildman–Crippen LogP) is 4.19. The standard InChI is InChI=1S/C23H25N3O3S/c1-25-19-7-3-2-6-17(19)24-23(25)30-15-22(27)26-11-4-8-18(26)16-9-10-20-21(14-16)29-13-5-12-28-20/h2-3,6-7,9-10,14,18H,4-5,8,11-13,15H2,1H3/t18-/m1/s1. The highest BCUT2D eigenvalue weighted by molar-refractivity contribution is 7.99. The zero-order valence-electron chi connectivity index (χ0n) is 17.0. The fourth-order valence-electron chi connectivity index (χ4n) is 4.26. The number of likely N-dealkylation sites (tertiary alicyclic amines) is 1. The van der Waals surface area contributed by atoms with Gasteiger partial charge in [-0.3, -0.25) is 4.79 Å². The number of thioether (sulfide) groups is 1. The van der Waals surface area contributed by atoms with Crippen LogP contribution in [0.15, 0.2) is 47.6 Å². The highest BCUT2D eigenvalue weighted by Crippen LogP contribution is 2.38. The van der Waals surface area contributed by atoms with Crippen LogP contribution in [0.25, 0.3) is 11.0 Å². The summed E-state index contributed by atoms with van der Waals surface area (Å²) in [6.45, 7) is 2.14. The summed E-state index contributed by atoms with van der Waals surface area (Å²) in [4.78, 5) is 19.8. The largest absolute Gasteiger partial charge is 0.490 e. The summed E-state index contributed by atoms with van der Waals surface area (Å²) in [6, 6.07) is 14.2. The van der Waals surface area contributed by atoms with Crippen molar-refractivity contribution in [1.82, 2.24) is 14.5 Å². The Bertz CT molecular complexity index is 1080. The monoisotopic (exact) mass is 423 g/mol. The second-order valence-corrected chi connectivity index (χ2v) is 8.68. The van der Waals surface area contributed by atoms with Crippen LogP contribution in [0, 0.1) is 0 Å². The third kappa shape index (κ3) is 3.62. The van der Waals surface area contributed by atoms with Gasteiger partial charge in [0, 0.05) is 20.0 Å². The molecule has 0 unspecified atom stereocenters. The van der Waals surface area contributed by atoms with Gasteiger partial charge in [-0.15, -0.1) is 0 Å². The lowest BCUT2D eigenvalue weighted by molar-refractivity contribution is -0.129. The van der Waals surface area contributed by atoms with Gasteiger partial charge in [-0.2, -0.15) is 0 Å². The van der Waals surface area contributed by atoms with Gasteiger partial charge in [0.05, 0.1) is 36.0 Å². The molecule has 2 aliphatic rings. The number of aromatic nitrogens is 2. The molecule has 6 nitrogen and oxygen atoms in total. The van der Waals surface area contributed by atoms with Crippen molar-refractivity contribution >= 4 is 28.7 Å². The molecule has 1 atom stereocenters. The summed E-state index contributed by atoms with van der Waals surface area (Å²) < 4.78 is 13.6. The Morgan fingerprint density at radius 2 is 1.97 bits per heavy atom. The van der Waals surface area contributed by atoms with Crippen molar-refractivity contribution in [3.63, 3.8) is 0 Å². The van der Waals surface area contributed by atoms with Crippen LogP contribution in [0.5, 0.6) is 11.5 Å². The first kappa shape index (κ1) is 19.3. The van der Waals surface area contributed by atoms with E-state index in [2.05, 4.69) is 27.8 Å².